The molecule has 0 aliphatic heterocycles. The molecule has 2 N–H and O–H groups in total. The van der Waals surface area contributed by atoms with Gasteiger partial charge in [0.25, 0.3) is 0 Å². The maximum absolute atomic E-state index is 9.07. The summed E-state index contributed by atoms with van der Waals surface area (Å²) < 4.78 is 0.996. The molecule has 3 nitrogen and oxygen atoms in total. The number of nitrogens with zero attached hydrogens (tertiary/aromatic N) is 1. The number of aliphatic hydroxyl groups excluding tert-OH is 1. The van der Waals surface area contributed by atoms with Gasteiger partial charge in [0.15, 0.2) is 5.13 Å². The van der Waals surface area contributed by atoms with E-state index in [1.165, 1.54) is 11.3 Å². The van der Waals surface area contributed by atoms with E-state index in [0.29, 0.717) is 5.92 Å². The molecule has 0 saturated carbocycles. The SMILES string of the molecule is CC(C)[C@@H](CO)Nc1ncc(Br)s1. The largest absolute Gasteiger partial charge is 0.394 e. The van der Waals surface area contributed by atoms with Crippen LogP contribution in [0.2, 0.25) is 0 Å². The van der Waals surface area contributed by atoms with Crippen LogP contribution >= 0.6 is 27.3 Å². The number of halogens is 1. The van der Waals surface area contributed by atoms with Crippen LogP contribution < -0.4 is 5.32 Å². The fourth-order valence-corrected chi connectivity index (χ4v) is 2.07. The highest BCUT2D eigenvalue weighted by atomic mass is 79.9. The fraction of sp³-hybridized carbons (Fsp3) is 0.625. The van der Waals surface area contributed by atoms with Gasteiger partial charge >= 0.3 is 0 Å². The molecule has 1 aromatic heterocycles. The van der Waals surface area contributed by atoms with Crippen LogP contribution in [-0.4, -0.2) is 22.7 Å². The lowest BCUT2D eigenvalue weighted by Crippen LogP contribution is -2.29. The normalized spacial score (nSPS) is 13.3. The van der Waals surface area contributed by atoms with E-state index in [1.54, 1.807) is 6.20 Å². The number of nitrogens with one attached hydrogen (secondary N) is 1. The van der Waals surface area contributed by atoms with Crippen LogP contribution in [-0.2, 0) is 0 Å². The maximum atomic E-state index is 9.07. The van der Waals surface area contributed by atoms with Crippen molar-refractivity contribution in [2.45, 2.75) is 19.9 Å². The highest BCUT2D eigenvalue weighted by Crippen LogP contribution is 2.24. The second-order valence-corrected chi connectivity index (χ2v) is 5.56. The van der Waals surface area contributed by atoms with Gasteiger partial charge in [0, 0.05) is 0 Å². The molecule has 1 heterocycles. The van der Waals surface area contributed by atoms with Gasteiger partial charge in [0.1, 0.15) is 0 Å². The third-order valence-electron chi connectivity index (χ3n) is 1.79. The minimum Gasteiger partial charge on any atom is -0.394 e. The van der Waals surface area contributed by atoms with Crippen molar-refractivity contribution in [1.29, 1.82) is 0 Å². The molecule has 0 aliphatic carbocycles. The molecule has 0 unspecified atom stereocenters. The Morgan fingerprint density at radius 1 is 1.69 bits per heavy atom. The molecule has 1 rings (SSSR count). The Kier molecular flexibility index (Phi) is 4.15. The summed E-state index contributed by atoms with van der Waals surface area (Å²) in [5, 5.41) is 13.1. The molecule has 0 spiro atoms. The first-order valence-corrected chi connectivity index (χ1v) is 5.73. The van der Waals surface area contributed by atoms with Gasteiger partial charge < -0.3 is 10.4 Å². The first kappa shape index (κ1) is 10.9. The number of rotatable bonds is 4. The highest BCUT2D eigenvalue weighted by Gasteiger charge is 2.12. The van der Waals surface area contributed by atoms with Crippen LogP contribution in [0, 0.1) is 5.92 Å². The van der Waals surface area contributed by atoms with Crippen molar-refractivity contribution in [2.24, 2.45) is 5.92 Å². The number of thiazole rings is 1. The van der Waals surface area contributed by atoms with E-state index in [1.807, 2.05) is 0 Å². The lowest BCUT2D eigenvalue weighted by atomic mass is 10.1. The highest BCUT2D eigenvalue weighted by molar-refractivity contribution is 9.11. The van der Waals surface area contributed by atoms with Crippen LogP contribution in [0.15, 0.2) is 9.98 Å². The monoisotopic (exact) mass is 264 g/mol. The van der Waals surface area contributed by atoms with E-state index in [2.05, 4.69) is 40.1 Å². The Labute approximate surface area is 90.3 Å². The summed E-state index contributed by atoms with van der Waals surface area (Å²) in [6, 6.07) is 0.0815. The molecule has 0 aliphatic rings. The maximum Gasteiger partial charge on any atom is 0.184 e. The Morgan fingerprint density at radius 3 is 2.77 bits per heavy atom. The standard InChI is InChI=1S/C8H13BrN2OS/c1-5(2)6(4-12)11-8-10-3-7(9)13-8/h3,5-6,12H,4H2,1-2H3,(H,10,11)/t6-/m1/s1. The number of hydrogen-bond donors (Lipinski definition) is 2. The number of hydrogen-bond acceptors (Lipinski definition) is 4. The summed E-state index contributed by atoms with van der Waals surface area (Å²) in [4.78, 5) is 4.14. The average molecular weight is 265 g/mol. The molecular formula is C8H13BrN2OS. The summed E-state index contributed by atoms with van der Waals surface area (Å²) in [5.41, 5.74) is 0. The van der Waals surface area contributed by atoms with E-state index in [9.17, 15) is 0 Å². The van der Waals surface area contributed by atoms with Crippen molar-refractivity contribution < 1.29 is 5.11 Å². The van der Waals surface area contributed by atoms with Crippen LogP contribution in [0.4, 0.5) is 5.13 Å². The van der Waals surface area contributed by atoms with Crippen molar-refractivity contribution in [2.75, 3.05) is 11.9 Å². The lowest BCUT2D eigenvalue weighted by Gasteiger charge is -2.18. The van der Waals surface area contributed by atoms with Gasteiger partial charge in [-0.1, -0.05) is 25.2 Å². The second-order valence-electron chi connectivity index (χ2n) is 3.15. The smallest absolute Gasteiger partial charge is 0.184 e. The van der Waals surface area contributed by atoms with Crippen LogP contribution in [0.5, 0.6) is 0 Å². The topological polar surface area (TPSA) is 45.1 Å². The molecule has 5 heteroatoms. The summed E-state index contributed by atoms with van der Waals surface area (Å²) >= 11 is 4.87. The zero-order valence-corrected chi connectivity index (χ0v) is 10.0. The summed E-state index contributed by atoms with van der Waals surface area (Å²) in [6.45, 7) is 4.27. The zero-order valence-electron chi connectivity index (χ0n) is 7.62. The Bertz CT molecular complexity index is 264. The minimum absolute atomic E-state index is 0.0815. The molecule has 13 heavy (non-hydrogen) atoms. The minimum atomic E-state index is 0.0815. The summed E-state index contributed by atoms with van der Waals surface area (Å²) in [5.74, 6) is 0.396. The van der Waals surface area contributed by atoms with E-state index in [0.717, 1.165) is 8.92 Å². The Hall–Kier alpha value is -0.130. The van der Waals surface area contributed by atoms with Gasteiger partial charge in [-0.2, -0.15) is 0 Å². The average Bonchev–Trinajstić information content (AvgIpc) is 2.46. The molecule has 0 amide bonds. The Morgan fingerprint density at radius 2 is 2.38 bits per heavy atom. The molecular weight excluding hydrogens is 252 g/mol. The molecule has 0 fully saturated rings. The van der Waals surface area contributed by atoms with Crippen molar-refractivity contribution in [1.82, 2.24) is 4.98 Å². The van der Waals surface area contributed by atoms with Crippen molar-refractivity contribution >= 4 is 32.4 Å². The van der Waals surface area contributed by atoms with Gasteiger partial charge in [-0.15, -0.1) is 0 Å². The van der Waals surface area contributed by atoms with E-state index in [-0.39, 0.29) is 12.6 Å². The fourth-order valence-electron chi connectivity index (χ4n) is 0.903. The summed E-state index contributed by atoms with van der Waals surface area (Å²) in [6.07, 6.45) is 1.75. The van der Waals surface area contributed by atoms with Gasteiger partial charge in [-0.3, -0.25) is 0 Å². The van der Waals surface area contributed by atoms with E-state index < -0.39 is 0 Å². The summed E-state index contributed by atoms with van der Waals surface area (Å²) in [7, 11) is 0. The lowest BCUT2D eigenvalue weighted by molar-refractivity contribution is 0.249. The molecule has 0 radical (unpaired) electrons. The third kappa shape index (κ3) is 3.25. The third-order valence-corrected chi connectivity index (χ3v) is 3.20. The molecule has 1 aromatic rings. The quantitative estimate of drug-likeness (QED) is 0.878. The van der Waals surface area contributed by atoms with Crippen molar-refractivity contribution in [3.63, 3.8) is 0 Å². The molecule has 0 saturated heterocycles. The molecule has 1 atom stereocenters. The number of aliphatic hydroxyl groups is 1. The van der Waals surface area contributed by atoms with Crippen molar-refractivity contribution in [3.05, 3.63) is 9.98 Å². The molecule has 74 valence electrons. The van der Waals surface area contributed by atoms with E-state index in [4.69, 9.17) is 5.11 Å². The number of aromatic nitrogens is 1. The van der Waals surface area contributed by atoms with Gasteiger partial charge in [-0.05, 0) is 21.8 Å². The van der Waals surface area contributed by atoms with E-state index >= 15 is 0 Å². The van der Waals surface area contributed by atoms with Crippen LogP contribution in [0.3, 0.4) is 0 Å². The molecule has 0 bridgehead atoms. The van der Waals surface area contributed by atoms with Gasteiger partial charge in [0.05, 0.1) is 22.6 Å². The first-order valence-electron chi connectivity index (χ1n) is 4.12. The van der Waals surface area contributed by atoms with Gasteiger partial charge in [0.2, 0.25) is 0 Å². The van der Waals surface area contributed by atoms with Crippen molar-refractivity contribution in [3.8, 4) is 0 Å². The predicted octanol–water partition coefficient (Wildman–Crippen LogP) is 2.33. The van der Waals surface area contributed by atoms with Gasteiger partial charge in [-0.25, -0.2) is 4.98 Å². The molecule has 0 aromatic carbocycles. The second kappa shape index (κ2) is 4.93. The van der Waals surface area contributed by atoms with Crippen LogP contribution in [0.1, 0.15) is 13.8 Å². The number of anilines is 1. The Balaban J connectivity index is 2.56. The zero-order chi connectivity index (χ0) is 9.84. The first-order chi connectivity index (χ1) is 6.13. The predicted molar refractivity (Wildman–Crippen MR) is 59.1 cm³/mol. The van der Waals surface area contributed by atoms with Crippen LogP contribution in [0.25, 0.3) is 0 Å².